The number of piperidine rings is 1. The second-order valence-electron chi connectivity index (χ2n) is 4.59. The third-order valence-corrected chi connectivity index (χ3v) is 4.08. The number of hydrogen-bond donors (Lipinski definition) is 0. The molecule has 1 saturated carbocycles. The van der Waals surface area contributed by atoms with Gasteiger partial charge in [0.05, 0.1) is 4.47 Å². The van der Waals surface area contributed by atoms with E-state index in [0.29, 0.717) is 21.9 Å². The molecule has 2 nitrogen and oxygen atoms in total. The van der Waals surface area contributed by atoms with Crippen LogP contribution in [-0.4, -0.2) is 23.9 Å². The Hall–Kier alpha value is -0.900. The molecule has 1 aromatic carbocycles. The molecule has 0 bridgehead atoms. The van der Waals surface area contributed by atoms with Gasteiger partial charge in [-0.25, -0.2) is 4.39 Å². The Morgan fingerprint density at radius 2 is 2.06 bits per heavy atom. The predicted molar refractivity (Wildman–Crippen MR) is 61.6 cm³/mol. The average molecular weight is 284 g/mol. The van der Waals surface area contributed by atoms with Crippen molar-refractivity contribution in [2.45, 2.75) is 6.42 Å². The quantitative estimate of drug-likeness (QED) is 0.776. The van der Waals surface area contributed by atoms with Crippen LogP contribution in [0.5, 0.6) is 0 Å². The fourth-order valence-corrected chi connectivity index (χ4v) is 2.62. The minimum atomic E-state index is -0.379. The SMILES string of the molecule is O=C(c1ccc(Br)c(F)c1)N1CC2CC2C1. The van der Waals surface area contributed by atoms with E-state index >= 15 is 0 Å². The van der Waals surface area contributed by atoms with Crippen LogP contribution in [0, 0.1) is 17.7 Å². The van der Waals surface area contributed by atoms with Crippen molar-refractivity contribution >= 4 is 21.8 Å². The topological polar surface area (TPSA) is 20.3 Å². The standard InChI is InChI=1S/C12H11BrFNO/c13-10-2-1-7(4-11(10)14)12(16)15-5-8-3-9(8)6-15/h1-2,4,8-9H,3,5-6H2. The van der Waals surface area contributed by atoms with E-state index in [1.54, 1.807) is 12.1 Å². The van der Waals surface area contributed by atoms with Gasteiger partial charge in [0.2, 0.25) is 0 Å². The number of benzene rings is 1. The average Bonchev–Trinajstić information content (AvgIpc) is 2.89. The number of carbonyl (C=O) groups is 1. The monoisotopic (exact) mass is 283 g/mol. The maximum Gasteiger partial charge on any atom is 0.253 e. The first-order valence-corrected chi connectivity index (χ1v) is 6.19. The summed E-state index contributed by atoms with van der Waals surface area (Å²) in [5.74, 6) is 1.00. The van der Waals surface area contributed by atoms with Gasteiger partial charge in [-0.15, -0.1) is 0 Å². The second-order valence-corrected chi connectivity index (χ2v) is 5.45. The summed E-state index contributed by atoms with van der Waals surface area (Å²) in [4.78, 5) is 13.9. The fourth-order valence-electron chi connectivity index (χ4n) is 2.38. The highest BCUT2D eigenvalue weighted by molar-refractivity contribution is 9.10. The van der Waals surface area contributed by atoms with Crippen molar-refractivity contribution in [2.75, 3.05) is 13.1 Å². The van der Waals surface area contributed by atoms with Gasteiger partial charge in [0, 0.05) is 18.7 Å². The van der Waals surface area contributed by atoms with Gasteiger partial charge in [0.1, 0.15) is 5.82 Å². The van der Waals surface area contributed by atoms with E-state index < -0.39 is 0 Å². The molecule has 0 aromatic heterocycles. The number of fused-ring (bicyclic) bond motifs is 1. The van der Waals surface area contributed by atoms with E-state index in [2.05, 4.69) is 15.9 Å². The van der Waals surface area contributed by atoms with Gasteiger partial charge in [-0.3, -0.25) is 4.79 Å². The Morgan fingerprint density at radius 3 is 2.69 bits per heavy atom. The molecule has 2 fully saturated rings. The summed E-state index contributed by atoms with van der Waals surface area (Å²) in [7, 11) is 0. The molecular weight excluding hydrogens is 273 g/mol. The molecule has 2 atom stereocenters. The summed E-state index contributed by atoms with van der Waals surface area (Å²) in [5, 5.41) is 0. The van der Waals surface area contributed by atoms with Crippen LogP contribution in [-0.2, 0) is 0 Å². The van der Waals surface area contributed by atoms with Gasteiger partial charge in [-0.1, -0.05) is 0 Å². The normalized spacial score (nSPS) is 26.8. The second kappa shape index (κ2) is 3.55. The lowest BCUT2D eigenvalue weighted by molar-refractivity contribution is 0.0775. The van der Waals surface area contributed by atoms with E-state index in [-0.39, 0.29) is 11.7 Å². The van der Waals surface area contributed by atoms with E-state index in [1.807, 2.05) is 4.90 Å². The van der Waals surface area contributed by atoms with E-state index in [4.69, 9.17) is 0 Å². The first kappa shape index (κ1) is 10.3. The molecule has 3 rings (SSSR count). The smallest absolute Gasteiger partial charge is 0.253 e. The predicted octanol–water partition coefficient (Wildman–Crippen LogP) is 2.68. The highest BCUT2D eigenvalue weighted by atomic mass is 79.9. The van der Waals surface area contributed by atoms with E-state index in [1.165, 1.54) is 12.5 Å². The Balaban J connectivity index is 1.80. The third-order valence-electron chi connectivity index (χ3n) is 3.43. The Bertz CT molecular complexity index is 452. The maximum absolute atomic E-state index is 13.3. The molecule has 0 spiro atoms. The van der Waals surface area contributed by atoms with Crippen molar-refractivity contribution in [1.82, 2.24) is 4.90 Å². The summed E-state index contributed by atoms with van der Waals surface area (Å²) in [6.07, 6.45) is 1.26. The van der Waals surface area contributed by atoms with Crippen molar-refractivity contribution in [3.05, 3.63) is 34.1 Å². The van der Waals surface area contributed by atoms with Crippen molar-refractivity contribution in [2.24, 2.45) is 11.8 Å². The minimum absolute atomic E-state index is 0.0430. The molecule has 1 aromatic rings. The van der Waals surface area contributed by atoms with Crippen LogP contribution in [0.3, 0.4) is 0 Å². The summed E-state index contributed by atoms with van der Waals surface area (Å²) in [5.41, 5.74) is 0.446. The van der Waals surface area contributed by atoms with Crippen LogP contribution in [0.4, 0.5) is 4.39 Å². The highest BCUT2D eigenvalue weighted by Crippen LogP contribution is 2.45. The third kappa shape index (κ3) is 1.65. The van der Waals surface area contributed by atoms with Crippen LogP contribution < -0.4 is 0 Å². The lowest BCUT2D eigenvalue weighted by atomic mass is 10.2. The largest absolute Gasteiger partial charge is 0.338 e. The molecule has 0 radical (unpaired) electrons. The van der Waals surface area contributed by atoms with Crippen LogP contribution >= 0.6 is 15.9 Å². The Kier molecular flexibility index (Phi) is 2.28. The Labute approximate surface area is 102 Å². The molecule has 1 aliphatic carbocycles. The lowest BCUT2D eigenvalue weighted by Gasteiger charge is -2.17. The summed E-state index contributed by atoms with van der Waals surface area (Å²) >= 11 is 3.08. The molecule has 2 aliphatic rings. The van der Waals surface area contributed by atoms with Gasteiger partial charge < -0.3 is 4.90 Å². The van der Waals surface area contributed by atoms with Crippen molar-refractivity contribution in [3.8, 4) is 0 Å². The van der Waals surface area contributed by atoms with Crippen LogP contribution in [0.2, 0.25) is 0 Å². The molecule has 16 heavy (non-hydrogen) atoms. The maximum atomic E-state index is 13.3. The number of rotatable bonds is 1. The number of hydrogen-bond acceptors (Lipinski definition) is 1. The van der Waals surface area contributed by atoms with Crippen molar-refractivity contribution < 1.29 is 9.18 Å². The summed E-state index contributed by atoms with van der Waals surface area (Å²) < 4.78 is 13.7. The lowest BCUT2D eigenvalue weighted by Crippen LogP contribution is -2.30. The van der Waals surface area contributed by atoms with Crippen molar-refractivity contribution in [3.63, 3.8) is 0 Å². The first-order valence-electron chi connectivity index (χ1n) is 5.39. The molecular formula is C12H11BrFNO. The fraction of sp³-hybridized carbons (Fsp3) is 0.417. The molecule has 84 valence electrons. The molecule has 2 unspecified atom stereocenters. The molecule has 1 aliphatic heterocycles. The number of carbonyl (C=O) groups excluding carboxylic acids is 1. The number of amides is 1. The van der Waals surface area contributed by atoms with Gasteiger partial charge in [0.15, 0.2) is 0 Å². The van der Waals surface area contributed by atoms with E-state index in [9.17, 15) is 9.18 Å². The summed E-state index contributed by atoms with van der Waals surface area (Å²) in [6.45, 7) is 1.70. The zero-order chi connectivity index (χ0) is 11.3. The van der Waals surface area contributed by atoms with E-state index in [0.717, 1.165) is 13.1 Å². The van der Waals surface area contributed by atoms with Gasteiger partial charge in [-0.05, 0) is 52.4 Å². The number of halogens is 2. The molecule has 1 heterocycles. The molecule has 0 N–H and O–H groups in total. The van der Waals surface area contributed by atoms with Crippen LogP contribution in [0.15, 0.2) is 22.7 Å². The summed E-state index contributed by atoms with van der Waals surface area (Å²) in [6, 6.07) is 4.55. The van der Waals surface area contributed by atoms with Crippen LogP contribution in [0.25, 0.3) is 0 Å². The zero-order valence-corrected chi connectivity index (χ0v) is 10.2. The molecule has 1 amide bonds. The van der Waals surface area contributed by atoms with Gasteiger partial charge >= 0.3 is 0 Å². The van der Waals surface area contributed by atoms with Gasteiger partial charge in [-0.2, -0.15) is 0 Å². The minimum Gasteiger partial charge on any atom is -0.338 e. The number of likely N-dealkylation sites (tertiary alicyclic amines) is 1. The highest BCUT2D eigenvalue weighted by Gasteiger charge is 2.46. The van der Waals surface area contributed by atoms with Crippen molar-refractivity contribution in [1.29, 1.82) is 0 Å². The molecule has 4 heteroatoms. The number of nitrogens with zero attached hydrogens (tertiary/aromatic N) is 1. The molecule has 1 saturated heterocycles. The zero-order valence-electron chi connectivity index (χ0n) is 8.62. The first-order chi connectivity index (χ1) is 7.65. The Morgan fingerprint density at radius 1 is 1.38 bits per heavy atom. The van der Waals surface area contributed by atoms with Crippen LogP contribution in [0.1, 0.15) is 16.8 Å². The van der Waals surface area contributed by atoms with Gasteiger partial charge in [0.25, 0.3) is 5.91 Å².